The van der Waals surface area contributed by atoms with Crippen LogP contribution in [0.1, 0.15) is 25.7 Å². The Morgan fingerprint density at radius 2 is 2.11 bits per heavy atom. The number of rotatable bonds is 6. The molecular formula is C10H13Cl2N5O. The molecule has 0 spiro atoms. The third kappa shape index (κ3) is 4.27. The van der Waals surface area contributed by atoms with Gasteiger partial charge in [-0.05, 0) is 30.9 Å². The van der Waals surface area contributed by atoms with E-state index in [1.54, 1.807) is 0 Å². The smallest absolute Gasteiger partial charge is 0.245 e. The van der Waals surface area contributed by atoms with Gasteiger partial charge in [0.25, 0.3) is 0 Å². The summed E-state index contributed by atoms with van der Waals surface area (Å²) in [5, 5.41) is 13.2. The lowest BCUT2D eigenvalue weighted by Crippen LogP contribution is -2.25. The van der Waals surface area contributed by atoms with Gasteiger partial charge < -0.3 is 10.6 Å². The van der Waals surface area contributed by atoms with Crippen molar-refractivity contribution in [2.45, 2.75) is 31.7 Å². The molecule has 6 nitrogen and oxygen atoms in total. The van der Waals surface area contributed by atoms with Gasteiger partial charge in [-0.3, -0.25) is 4.79 Å². The highest BCUT2D eigenvalue weighted by Crippen LogP contribution is 2.19. The number of aromatic nitrogens is 3. The average molecular weight is 290 g/mol. The van der Waals surface area contributed by atoms with Gasteiger partial charge in [0.05, 0.1) is 0 Å². The molecular weight excluding hydrogens is 277 g/mol. The maximum atomic E-state index is 11.4. The molecule has 0 aliphatic heterocycles. The summed E-state index contributed by atoms with van der Waals surface area (Å²) >= 11 is 11.4. The molecule has 0 saturated heterocycles. The van der Waals surface area contributed by atoms with Gasteiger partial charge in [-0.2, -0.15) is 4.98 Å². The van der Waals surface area contributed by atoms with Crippen molar-refractivity contribution in [1.82, 2.24) is 20.5 Å². The molecule has 1 aliphatic rings. The van der Waals surface area contributed by atoms with Crippen LogP contribution in [0.2, 0.25) is 10.4 Å². The fourth-order valence-electron chi connectivity index (χ4n) is 1.39. The summed E-state index contributed by atoms with van der Waals surface area (Å²) in [7, 11) is 0. The standard InChI is InChI=1S/C10H13Cl2N5O/c11-8-9(15-10(12)17-16-8)13-5-1-2-7(18)14-6-3-4-6/h6H,1-5H2,(H,14,18)(H,13,15,17). The topological polar surface area (TPSA) is 79.8 Å². The highest BCUT2D eigenvalue weighted by Gasteiger charge is 2.22. The van der Waals surface area contributed by atoms with Crippen molar-refractivity contribution < 1.29 is 4.79 Å². The van der Waals surface area contributed by atoms with Crippen LogP contribution < -0.4 is 10.6 Å². The number of halogens is 2. The SMILES string of the molecule is O=C(CCCNc1nc(Cl)nnc1Cl)NC1CC1. The van der Waals surface area contributed by atoms with Crippen LogP contribution in [0, 0.1) is 0 Å². The number of carbonyl (C=O) groups is 1. The van der Waals surface area contributed by atoms with Gasteiger partial charge in [-0.15, -0.1) is 10.2 Å². The van der Waals surface area contributed by atoms with Crippen molar-refractivity contribution in [2.75, 3.05) is 11.9 Å². The van der Waals surface area contributed by atoms with E-state index in [0.29, 0.717) is 31.2 Å². The predicted octanol–water partition coefficient (Wildman–Crippen LogP) is 1.65. The second kappa shape index (κ2) is 6.15. The van der Waals surface area contributed by atoms with Crippen LogP contribution in [0.15, 0.2) is 0 Å². The first kappa shape index (κ1) is 13.3. The summed E-state index contributed by atoms with van der Waals surface area (Å²) in [5.74, 6) is 0.475. The zero-order chi connectivity index (χ0) is 13.0. The third-order valence-electron chi connectivity index (χ3n) is 2.44. The first-order valence-electron chi connectivity index (χ1n) is 5.74. The Hall–Kier alpha value is -1.14. The van der Waals surface area contributed by atoms with Crippen LogP contribution in [0.5, 0.6) is 0 Å². The van der Waals surface area contributed by atoms with Crippen LogP contribution >= 0.6 is 23.2 Å². The minimum atomic E-state index is 0.0355. The second-order valence-corrected chi connectivity index (χ2v) is 4.79. The average Bonchev–Trinajstić information content (AvgIpc) is 3.13. The molecule has 0 aromatic carbocycles. The van der Waals surface area contributed by atoms with Crippen molar-refractivity contribution in [3.8, 4) is 0 Å². The monoisotopic (exact) mass is 289 g/mol. The van der Waals surface area contributed by atoms with E-state index >= 15 is 0 Å². The summed E-state index contributed by atoms with van der Waals surface area (Å²) in [6.45, 7) is 0.576. The van der Waals surface area contributed by atoms with Crippen molar-refractivity contribution >= 4 is 34.9 Å². The van der Waals surface area contributed by atoms with E-state index in [4.69, 9.17) is 23.2 Å². The zero-order valence-electron chi connectivity index (χ0n) is 9.62. The van der Waals surface area contributed by atoms with Crippen molar-refractivity contribution in [3.05, 3.63) is 10.4 Å². The normalized spacial score (nSPS) is 14.3. The van der Waals surface area contributed by atoms with E-state index in [1.807, 2.05) is 0 Å². The molecule has 1 aromatic heterocycles. The first-order valence-corrected chi connectivity index (χ1v) is 6.49. The van der Waals surface area contributed by atoms with E-state index in [1.165, 1.54) is 0 Å². The molecule has 0 unspecified atom stereocenters. The van der Waals surface area contributed by atoms with Gasteiger partial charge >= 0.3 is 0 Å². The molecule has 98 valence electrons. The van der Waals surface area contributed by atoms with Gasteiger partial charge in [0, 0.05) is 19.0 Å². The Labute approximate surface area is 114 Å². The first-order chi connectivity index (χ1) is 8.65. The van der Waals surface area contributed by atoms with Crippen molar-refractivity contribution in [1.29, 1.82) is 0 Å². The fourth-order valence-corrected chi connectivity index (χ4v) is 1.66. The Morgan fingerprint density at radius 1 is 1.33 bits per heavy atom. The molecule has 1 heterocycles. The predicted molar refractivity (Wildman–Crippen MR) is 68.7 cm³/mol. The summed E-state index contributed by atoms with van der Waals surface area (Å²) in [6.07, 6.45) is 3.37. The number of hydrogen-bond acceptors (Lipinski definition) is 5. The fraction of sp³-hybridized carbons (Fsp3) is 0.600. The molecule has 2 rings (SSSR count). The molecule has 8 heteroatoms. The molecule has 1 saturated carbocycles. The van der Waals surface area contributed by atoms with E-state index in [2.05, 4.69) is 25.8 Å². The quantitative estimate of drug-likeness (QED) is 0.779. The minimum absolute atomic E-state index is 0.0355. The summed E-state index contributed by atoms with van der Waals surface area (Å²) in [4.78, 5) is 15.3. The lowest BCUT2D eigenvalue weighted by molar-refractivity contribution is -0.121. The lowest BCUT2D eigenvalue weighted by Gasteiger charge is -2.06. The number of amides is 1. The van der Waals surface area contributed by atoms with Crippen LogP contribution in [0.3, 0.4) is 0 Å². The summed E-state index contributed by atoms with van der Waals surface area (Å²) in [6, 6.07) is 0.407. The minimum Gasteiger partial charge on any atom is -0.367 e. The Morgan fingerprint density at radius 3 is 2.83 bits per heavy atom. The van der Waals surface area contributed by atoms with Gasteiger partial charge in [-0.25, -0.2) is 0 Å². The van der Waals surface area contributed by atoms with Gasteiger partial charge in [0.1, 0.15) is 0 Å². The van der Waals surface area contributed by atoms with Crippen LogP contribution in [-0.2, 0) is 4.79 Å². The number of anilines is 1. The summed E-state index contributed by atoms with van der Waals surface area (Å²) in [5.41, 5.74) is 0. The molecule has 0 bridgehead atoms. The van der Waals surface area contributed by atoms with Crippen LogP contribution in [-0.4, -0.2) is 33.7 Å². The Bertz CT molecular complexity index is 438. The summed E-state index contributed by atoms with van der Waals surface area (Å²) < 4.78 is 0. The number of nitrogens with zero attached hydrogens (tertiary/aromatic N) is 3. The Balaban J connectivity index is 1.67. The molecule has 2 N–H and O–H groups in total. The third-order valence-corrected chi connectivity index (χ3v) is 2.85. The largest absolute Gasteiger partial charge is 0.367 e. The van der Waals surface area contributed by atoms with Crippen LogP contribution in [0.25, 0.3) is 0 Å². The number of nitrogens with one attached hydrogen (secondary N) is 2. The molecule has 0 radical (unpaired) electrons. The zero-order valence-corrected chi connectivity index (χ0v) is 11.1. The van der Waals surface area contributed by atoms with Crippen LogP contribution in [0.4, 0.5) is 5.82 Å². The van der Waals surface area contributed by atoms with E-state index in [0.717, 1.165) is 12.8 Å². The number of carbonyl (C=O) groups excluding carboxylic acids is 1. The molecule has 18 heavy (non-hydrogen) atoms. The molecule has 0 atom stereocenters. The van der Waals surface area contributed by atoms with Crippen molar-refractivity contribution in [3.63, 3.8) is 0 Å². The number of hydrogen-bond donors (Lipinski definition) is 2. The maximum Gasteiger partial charge on any atom is 0.245 e. The molecule has 1 aromatic rings. The van der Waals surface area contributed by atoms with E-state index in [9.17, 15) is 4.79 Å². The highest BCUT2D eigenvalue weighted by molar-refractivity contribution is 6.32. The molecule has 1 aliphatic carbocycles. The van der Waals surface area contributed by atoms with E-state index in [-0.39, 0.29) is 16.3 Å². The Kier molecular flexibility index (Phi) is 4.54. The van der Waals surface area contributed by atoms with Gasteiger partial charge in [-0.1, -0.05) is 11.6 Å². The highest BCUT2D eigenvalue weighted by atomic mass is 35.5. The maximum absolute atomic E-state index is 11.4. The van der Waals surface area contributed by atoms with Gasteiger partial charge in [0.2, 0.25) is 11.2 Å². The van der Waals surface area contributed by atoms with Gasteiger partial charge in [0.15, 0.2) is 11.0 Å². The molecule has 1 fully saturated rings. The second-order valence-electron chi connectivity index (χ2n) is 4.09. The van der Waals surface area contributed by atoms with E-state index < -0.39 is 0 Å². The lowest BCUT2D eigenvalue weighted by atomic mass is 10.3. The molecule has 1 amide bonds. The van der Waals surface area contributed by atoms with Crippen molar-refractivity contribution in [2.24, 2.45) is 0 Å².